The van der Waals surface area contributed by atoms with Crippen LogP contribution < -0.4 is 5.32 Å². The zero-order valence-electron chi connectivity index (χ0n) is 14.2. The Bertz CT molecular complexity index is 290. The fourth-order valence-corrected chi connectivity index (χ4v) is 2.26. The molecule has 0 spiro atoms. The van der Waals surface area contributed by atoms with Crippen LogP contribution in [-0.2, 0) is 14.3 Å². The van der Waals surface area contributed by atoms with Gasteiger partial charge in [-0.2, -0.15) is 0 Å². The standard InChI is InChI=1S/C17H33NO3/c1-5-6-7-8-9-10-11-12-21-17(20)16(13-14(2)3)18-15(4)19/h14,16H,5-13H2,1-4H3,(H,18,19)/t16-/m0/s1. The van der Waals surface area contributed by atoms with Crippen LogP contribution in [-0.4, -0.2) is 24.5 Å². The molecule has 1 N–H and O–H groups in total. The summed E-state index contributed by atoms with van der Waals surface area (Å²) in [5.74, 6) is -0.147. The summed E-state index contributed by atoms with van der Waals surface area (Å²) in [6.07, 6.45) is 8.98. The molecule has 124 valence electrons. The molecule has 0 aromatic rings. The van der Waals surface area contributed by atoms with Gasteiger partial charge in [0.15, 0.2) is 0 Å². The summed E-state index contributed by atoms with van der Waals surface area (Å²) in [6, 6.07) is -0.507. The number of hydrogen-bond acceptors (Lipinski definition) is 3. The summed E-state index contributed by atoms with van der Waals surface area (Å²) in [5.41, 5.74) is 0. The minimum atomic E-state index is -0.507. The topological polar surface area (TPSA) is 55.4 Å². The van der Waals surface area contributed by atoms with Crippen molar-refractivity contribution < 1.29 is 14.3 Å². The number of carbonyl (C=O) groups is 2. The van der Waals surface area contributed by atoms with Crippen molar-refractivity contribution in [2.24, 2.45) is 5.92 Å². The van der Waals surface area contributed by atoms with Crippen molar-refractivity contribution in [1.82, 2.24) is 5.32 Å². The van der Waals surface area contributed by atoms with Crippen LogP contribution in [0.3, 0.4) is 0 Å². The second-order valence-corrected chi connectivity index (χ2v) is 6.17. The summed E-state index contributed by atoms with van der Waals surface area (Å²) in [4.78, 5) is 23.1. The number of hydrogen-bond donors (Lipinski definition) is 1. The van der Waals surface area contributed by atoms with E-state index < -0.39 is 6.04 Å². The van der Waals surface area contributed by atoms with Gasteiger partial charge in [-0.1, -0.05) is 59.3 Å². The maximum absolute atomic E-state index is 12.0. The predicted octanol–water partition coefficient (Wildman–Crippen LogP) is 3.83. The average Bonchev–Trinajstić information content (AvgIpc) is 2.39. The van der Waals surface area contributed by atoms with Crippen molar-refractivity contribution in [3.63, 3.8) is 0 Å². The van der Waals surface area contributed by atoms with Crippen molar-refractivity contribution in [2.75, 3.05) is 6.61 Å². The molecule has 0 aliphatic rings. The first-order chi connectivity index (χ1) is 9.97. The zero-order valence-corrected chi connectivity index (χ0v) is 14.2. The van der Waals surface area contributed by atoms with Gasteiger partial charge in [-0.25, -0.2) is 4.79 Å². The van der Waals surface area contributed by atoms with Crippen molar-refractivity contribution in [3.05, 3.63) is 0 Å². The van der Waals surface area contributed by atoms with E-state index >= 15 is 0 Å². The highest BCUT2D eigenvalue weighted by Crippen LogP contribution is 2.09. The van der Waals surface area contributed by atoms with Gasteiger partial charge in [0.25, 0.3) is 0 Å². The maximum Gasteiger partial charge on any atom is 0.328 e. The van der Waals surface area contributed by atoms with E-state index in [0.717, 1.165) is 12.8 Å². The molecule has 0 heterocycles. The third-order valence-corrected chi connectivity index (χ3v) is 3.36. The maximum atomic E-state index is 12.0. The Hall–Kier alpha value is -1.06. The highest BCUT2D eigenvalue weighted by molar-refractivity contribution is 5.83. The number of amides is 1. The molecule has 0 aromatic heterocycles. The highest BCUT2D eigenvalue weighted by Gasteiger charge is 2.21. The van der Waals surface area contributed by atoms with E-state index in [1.165, 1.54) is 39.0 Å². The zero-order chi connectivity index (χ0) is 16.1. The first-order valence-corrected chi connectivity index (χ1v) is 8.41. The number of rotatable bonds is 12. The number of esters is 1. The molecule has 4 heteroatoms. The average molecular weight is 299 g/mol. The molecule has 1 amide bonds. The fraction of sp³-hybridized carbons (Fsp3) is 0.882. The number of nitrogens with one attached hydrogen (secondary N) is 1. The molecule has 1 atom stereocenters. The minimum Gasteiger partial charge on any atom is -0.464 e. The molecule has 0 aromatic carbocycles. The molecule has 0 saturated carbocycles. The van der Waals surface area contributed by atoms with E-state index in [1.807, 2.05) is 13.8 Å². The third-order valence-electron chi connectivity index (χ3n) is 3.36. The third kappa shape index (κ3) is 12.4. The van der Waals surface area contributed by atoms with Gasteiger partial charge < -0.3 is 10.1 Å². The second-order valence-electron chi connectivity index (χ2n) is 6.17. The Morgan fingerprint density at radius 3 is 2.10 bits per heavy atom. The minimum absolute atomic E-state index is 0.187. The largest absolute Gasteiger partial charge is 0.464 e. The lowest BCUT2D eigenvalue weighted by atomic mass is 10.0. The molecule has 21 heavy (non-hydrogen) atoms. The molecular formula is C17H33NO3. The van der Waals surface area contributed by atoms with Gasteiger partial charge in [0.1, 0.15) is 6.04 Å². The Labute approximate surface area is 130 Å². The Morgan fingerprint density at radius 1 is 1.00 bits per heavy atom. The van der Waals surface area contributed by atoms with Crippen LogP contribution in [0, 0.1) is 5.92 Å². The molecule has 0 aliphatic carbocycles. The van der Waals surface area contributed by atoms with Crippen molar-refractivity contribution in [3.8, 4) is 0 Å². The smallest absolute Gasteiger partial charge is 0.328 e. The highest BCUT2D eigenvalue weighted by atomic mass is 16.5. The number of unbranched alkanes of at least 4 members (excludes halogenated alkanes) is 6. The van der Waals surface area contributed by atoms with Gasteiger partial charge >= 0.3 is 5.97 Å². The van der Waals surface area contributed by atoms with Crippen LogP contribution in [0.1, 0.15) is 79.1 Å². The van der Waals surface area contributed by atoms with Gasteiger partial charge in [-0.05, 0) is 18.8 Å². The van der Waals surface area contributed by atoms with Crippen molar-refractivity contribution in [2.45, 2.75) is 85.1 Å². The first kappa shape index (κ1) is 19.9. The predicted molar refractivity (Wildman–Crippen MR) is 86.0 cm³/mol. The van der Waals surface area contributed by atoms with Crippen LogP contribution in [0.15, 0.2) is 0 Å². The Morgan fingerprint density at radius 2 is 1.57 bits per heavy atom. The SMILES string of the molecule is CCCCCCCCCOC(=O)[C@H](CC(C)C)NC(C)=O. The molecule has 0 radical (unpaired) electrons. The van der Waals surface area contributed by atoms with Crippen molar-refractivity contribution in [1.29, 1.82) is 0 Å². The van der Waals surface area contributed by atoms with E-state index in [9.17, 15) is 9.59 Å². The van der Waals surface area contributed by atoms with Crippen LogP contribution in [0.5, 0.6) is 0 Å². The number of carbonyl (C=O) groups excluding carboxylic acids is 2. The van der Waals surface area contributed by atoms with Crippen LogP contribution in [0.2, 0.25) is 0 Å². The lowest BCUT2D eigenvalue weighted by Crippen LogP contribution is -2.41. The van der Waals surface area contributed by atoms with Gasteiger partial charge in [0.05, 0.1) is 6.61 Å². The van der Waals surface area contributed by atoms with E-state index in [1.54, 1.807) is 0 Å². The summed E-state index contributed by atoms with van der Waals surface area (Å²) < 4.78 is 5.28. The second kappa shape index (κ2) is 12.7. The van der Waals surface area contributed by atoms with Crippen molar-refractivity contribution >= 4 is 11.9 Å². The normalized spacial score (nSPS) is 12.2. The fourth-order valence-electron chi connectivity index (χ4n) is 2.26. The number of ether oxygens (including phenoxy) is 1. The molecule has 0 fully saturated rings. The lowest BCUT2D eigenvalue weighted by Gasteiger charge is -2.18. The lowest BCUT2D eigenvalue weighted by molar-refractivity contribution is -0.148. The van der Waals surface area contributed by atoms with Crippen LogP contribution in [0.25, 0.3) is 0 Å². The molecule has 0 rings (SSSR count). The Kier molecular flexibility index (Phi) is 12.0. The van der Waals surface area contributed by atoms with E-state index in [2.05, 4.69) is 12.2 Å². The van der Waals surface area contributed by atoms with Gasteiger partial charge in [-0.3, -0.25) is 4.79 Å². The summed E-state index contributed by atoms with van der Waals surface area (Å²) in [5, 5.41) is 2.67. The molecular weight excluding hydrogens is 266 g/mol. The van der Waals surface area contributed by atoms with Gasteiger partial charge in [-0.15, -0.1) is 0 Å². The summed E-state index contributed by atoms with van der Waals surface area (Å²) >= 11 is 0. The molecule has 0 unspecified atom stereocenters. The monoisotopic (exact) mass is 299 g/mol. The molecule has 4 nitrogen and oxygen atoms in total. The van der Waals surface area contributed by atoms with Crippen LogP contribution in [0.4, 0.5) is 0 Å². The van der Waals surface area contributed by atoms with Gasteiger partial charge in [0, 0.05) is 6.92 Å². The van der Waals surface area contributed by atoms with Crippen LogP contribution >= 0.6 is 0 Å². The van der Waals surface area contributed by atoms with E-state index in [0.29, 0.717) is 18.9 Å². The Balaban J connectivity index is 3.79. The quantitative estimate of drug-likeness (QED) is 0.440. The summed E-state index contributed by atoms with van der Waals surface area (Å²) in [6.45, 7) is 8.15. The molecule has 0 saturated heterocycles. The first-order valence-electron chi connectivity index (χ1n) is 8.41. The van der Waals surface area contributed by atoms with E-state index in [4.69, 9.17) is 4.74 Å². The van der Waals surface area contributed by atoms with Gasteiger partial charge in [0.2, 0.25) is 5.91 Å². The molecule has 0 bridgehead atoms. The van der Waals surface area contributed by atoms with E-state index in [-0.39, 0.29) is 11.9 Å². The molecule has 0 aliphatic heterocycles. The summed E-state index contributed by atoms with van der Waals surface area (Å²) in [7, 11) is 0.